The van der Waals surface area contributed by atoms with E-state index in [-0.39, 0.29) is 18.6 Å². The number of carbonyl (C=O) groups excluding carboxylic acids is 2. The molecule has 0 unspecified atom stereocenters. The Bertz CT molecular complexity index is 760. The first kappa shape index (κ1) is 16.7. The van der Waals surface area contributed by atoms with Crippen molar-refractivity contribution < 1.29 is 14.3 Å². The summed E-state index contributed by atoms with van der Waals surface area (Å²) >= 11 is 3.30. The maximum absolute atomic E-state index is 12.1. The largest absolute Gasteiger partial charge is 0.452 e. The summed E-state index contributed by atoms with van der Waals surface area (Å²) in [6.07, 6.45) is 2.99. The molecule has 0 saturated carbocycles. The first-order chi connectivity index (χ1) is 11.6. The quantitative estimate of drug-likeness (QED) is 0.811. The van der Waals surface area contributed by atoms with E-state index in [1.165, 1.54) is 5.56 Å². The van der Waals surface area contributed by atoms with E-state index in [0.29, 0.717) is 10.0 Å². The van der Waals surface area contributed by atoms with Crippen molar-refractivity contribution in [3.05, 3.63) is 69.7 Å². The van der Waals surface area contributed by atoms with Gasteiger partial charge in [0.05, 0.1) is 11.6 Å². The number of esters is 1. The molecule has 24 heavy (non-hydrogen) atoms. The van der Waals surface area contributed by atoms with Crippen LogP contribution in [-0.4, -0.2) is 18.5 Å². The fraction of sp³-hybridized carbons (Fsp3) is 0.263. The van der Waals surface area contributed by atoms with Gasteiger partial charge in [0.25, 0.3) is 5.91 Å². The third-order valence-electron chi connectivity index (χ3n) is 4.13. The predicted molar refractivity (Wildman–Crippen MR) is 94.7 cm³/mol. The highest BCUT2D eigenvalue weighted by molar-refractivity contribution is 9.10. The lowest BCUT2D eigenvalue weighted by molar-refractivity contribution is -0.125. The molecule has 1 amide bonds. The zero-order valence-corrected chi connectivity index (χ0v) is 14.7. The molecule has 1 N–H and O–H groups in total. The van der Waals surface area contributed by atoms with Crippen molar-refractivity contribution in [3.8, 4) is 0 Å². The molecule has 0 aromatic heterocycles. The molecular weight excluding hydrogens is 370 g/mol. The van der Waals surface area contributed by atoms with Crippen LogP contribution < -0.4 is 5.32 Å². The van der Waals surface area contributed by atoms with Gasteiger partial charge < -0.3 is 10.1 Å². The lowest BCUT2D eigenvalue weighted by atomic mass is 9.88. The Kier molecular flexibility index (Phi) is 5.30. The van der Waals surface area contributed by atoms with Gasteiger partial charge in [-0.05, 0) is 58.5 Å². The number of carbonyl (C=O) groups is 2. The number of fused-ring (bicyclic) bond motifs is 1. The molecule has 0 fully saturated rings. The summed E-state index contributed by atoms with van der Waals surface area (Å²) < 4.78 is 5.77. The van der Waals surface area contributed by atoms with Gasteiger partial charge in [0.2, 0.25) is 0 Å². The molecule has 1 aliphatic rings. The average Bonchev–Trinajstić information content (AvgIpc) is 2.60. The summed E-state index contributed by atoms with van der Waals surface area (Å²) in [6.45, 7) is -0.279. The molecule has 0 aliphatic heterocycles. The minimum Gasteiger partial charge on any atom is -0.452 e. The molecule has 0 heterocycles. The number of hydrogen-bond acceptors (Lipinski definition) is 3. The Balaban J connectivity index is 1.57. The van der Waals surface area contributed by atoms with Crippen molar-refractivity contribution >= 4 is 27.8 Å². The van der Waals surface area contributed by atoms with Crippen LogP contribution >= 0.6 is 15.9 Å². The van der Waals surface area contributed by atoms with E-state index in [1.54, 1.807) is 18.2 Å². The number of nitrogens with one attached hydrogen (secondary N) is 1. The smallest absolute Gasteiger partial charge is 0.339 e. The molecular formula is C19H18BrNO3. The summed E-state index contributed by atoms with van der Waals surface area (Å²) in [7, 11) is 0. The summed E-state index contributed by atoms with van der Waals surface area (Å²) in [5, 5.41) is 2.97. The van der Waals surface area contributed by atoms with Crippen LogP contribution in [0.1, 0.15) is 40.4 Å². The van der Waals surface area contributed by atoms with Gasteiger partial charge in [0.1, 0.15) is 0 Å². The molecule has 2 aromatic carbocycles. The lowest BCUT2D eigenvalue weighted by Crippen LogP contribution is -2.34. The van der Waals surface area contributed by atoms with Gasteiger partial charge in [-0.3, -0.25) is 4.79 Å². The second kappa shape index (κ2) is 7.62. The minimum atomic E-state index is -0.512. The lowest BCUT2D eigenvalue weighted by Gasteiger charge is -2.26. The van der Waals surface area contributed by atoms with Gasteiger partial charge in [-0.2, -0.15) is 0 Å². The predicted octanol–water partition coefficient (Wildman–Crippen LogP) is 3.80. The Labute approximate surface area is 149 Å². The van der Waals surface area contributed by atoms with Crippen LogP contribution in [0.4, 0.5) is 0 Å². The Morgan fingerprint density at radius 3 is 2.71 bits per heavy atom. The number of hydrogen-bond donors (Lipinski definition) is 1. The number of aryl methyl sites for hydroxylation is 1. The van der Waals surface area contributed by atoms with Gasteiger partial charge in [-0.15, -0.1) is 0 Å². The summed E-state index contributed by atoms with van der Waals surface area (Å²) in [6, 6.07) is 15.1. The van der Waals surface area contributed by atoms with E-state index >= 15 is 0 Å². The second-order valence-corrected chi connectivity index (χ2v) is 6.62. The number of amides is 1. The number of benzene rings is 2. The molecule has 2 aromatic rings. The normalized spacial score (nSPS) is 16.1. The van der Waals surface area contributed by atoms with Crippen LogP contribution in [0, 0.1) is 0 Å². The van der Waals surface area contributed by atoms with Crippen molar-refractivity contribution in [2.24, 2.45) is 0 Å². The zero-order valence-electron chi connectivity index (χ0n) is 13.1. The van der Waals surface area contributed by atoms with Crippen molar-refractivity contribution in [2.75, 3.05) is 6.61 Å². The van der Waals surface area contributed by atoms with Crippen LogP contribution in [0.3, 0.4) is 0 Å². The van der Waals surface area contributed by atoms with E-state index in [0.717, 1.165) is 24.8 Å². The van der Waals surface area contributed by atoms with E-state index < -0.39 is 5.97 Å². The molecule has 124 valence electrons. The molecule has 4 nitrogen and oxygen atoms in total. The van der Waals surface area contributed by atoms with Gasteiger partial charge in [0, 0.05) is 4.47 Å². The monoisotopic (exact) mass is 387 g/mol. The SMILES string of the molecule is O=C(COC(=O)c1ccccc1Br)N[C@H]1CCCc2ccccc21. The maximum atomic E-state index is 12.1. The molecule has 0 spiro atoms. The standard InChI is InChI=1S/C19H18BrNO3/c20-16-10-4-3-9-15(16)19(23)24-12-18(22)21-17-11-5-7-13-6-1-2-8-14(13)17/h1-4,6,8-10,17H,5,7,11-12H2,(H,21,22)/t17-/m0/s1. The van der Waals surface area contributed by atoms with Gasteiger partial charge in [0.15, 0.2) is 6.61 Å². The highest BCUT2D eigenvalue weighted by atomic mass is 79.9. The first-order valence-corrected chi connectivity index (χ1v) is 8.73. The van der Waals surface area contributed by atoms with Crippen LogP contribution in [0.25, 0.3) is 0 Å². The van der Waals surface area contributed by atoms with E-state index in [9.17, 15) is 9.59 Å². The van der Waals surface area contributed by atoms with Crippen LogP contribution in [-0.2, 0) is 16.0 Å². The second-order valence-electron chi connectivity index (χ2n) is 5.77. The van der Waals surface area contributed by atoms with Crippen LogP contribution in [0.15, 0.2) is 53.0 Å². The molecule has 3 rings (SSSR count). The van der Waals surface area contributed by atoms with Gasteiger partial charge in [-0.1, -0.05) is 36.4 Å². The summed E-state index contributed by atoms with van der Waals surface area (Å²) in [5.41, 5.74) is 2.85. The Hall–Kier alpha value is -2.14. The Morgan fingerprint density at radius 1 is 1.12 bits per heavy atom. The van der Waals surface area contributed by atoms with E-state index in [1.807, 2.05) is 24.3 Å². The third-order valence-corrected chi connectivity index (χ3v) is 4.82. The van der Waals surface area contributed by atoms with Crippen molar-refractivity contribution in [1.82, 2.24) is 5.32 Å². The van der Waals surface area contributed by atoms with E-state index in [2.05, 4.69) is 27.3 Å². The molecule has 5 heteroatoms. The fourth-order valence-corrected chi connectivity index (χ4v) is 3.42. The molecule has 0 bridgehead atoms. The summed E-state index contributed by atoms with van der Waals surface area (Å²) in [5.74, 6) is -0.793. The van der Waals surface area contributed by atoms with Crippen LogP contribution in [0.2, 0.25) is 0 Å². The number of halogens is 1. The van der Waals surface area contributed by atoms with Gasteiger partial charge >= 0.3 is 5.97 Å². The third kappa shape index (κ3) is 3.85. The molecule has 1 atom stereocenters. The highest BCUT2D eigenvalue weighted by Crippen LogP contribution is 2.29. The van der Waals surface area contributed by atoms with Crippen molar-refractivity contribution in [3.63, 3.8) is 0 Å². The fourth-order valence-electron chi connectivity index (χ4n) is 2.98. The average molecular weight is 388 g/mol. The number of ether oxygens (including phenoxy) is 1. The zero-order chi connectivity index (χ0) is 16.9. The minimum absolute atomic E-state index is 0.00962. The Morgan fingerprint density at radius 2 is 1.88 bits per heavy atom. The topological polar surface area (TPSA) is 55.4 Å². The molecule has 1 aliphatic carbocycles. The summed E-state index contributed by atoms with van der Waals surface area (Å²) in [4.78, 5) is 24.2. The molecule has 0 radical (unpaired) electrons. The van der Waals surface area contributed by atoms with E-state index in [4.69, 9.17) is 4.74 Å². The molecule has 0 saturated heterocycles. The first-order valence-electron chi connectivity index (χ1n) is 7.94. The highest BCUT2D eigenvalue weighted by Gasteiger charge is 2.22. The number of rotatable bonds is 4. The van der Waals surface area contributed by atoms with Crippen LogP contribution in [0.5, 0.6) is 0 Å². The maximum Gasteiger partial charge on any atom is 0.339 e. The van der Waals surface area contributed by atoms with Gasteiger partial charge in [-0.25, -0.2) is 4.79 Å². The van der Waals surface area contributed by atoms with Crippen molar-refractivity contribution in [1.29, 1.82) is 0 Å². The van der Waals surface area contributed by atoms with Crippen molar-refractivity contribution in [2.45, 2.75) is 25.3 Å².